The summed E-state index contributed by atoms with van der Waals surface area (Å²) in [6.07, 6.45) is 5.67. The molecular formula is C14H23N3O2. The van der Waals surface area contributed by atoms with E-state index < -0.39 is 5.60 Å². The molecule has 0 aromatic carbocycles. The molecule has 0 aliphatic carbocycles. The first kappa shape index (κ1) is 14.1. The van der Waals surface area contributed by atoms with E-state index in [-0.39, 0.29) is 12.0 Å². The SMILES string of the molecule is CC(C)(C)OC(=O)[C@H]1CCCN1CCn1cccn1. The number of esters is 1. The van der Waals surface area contributed by atoms with Crippen molar-refractivity contribution in [3.8, 4) is 0 Å². The van der Waals surface area contributed by atoms with Crippen LogP contribution in [0.15, 0.2) is 18.5 Å². The molecular weight excluding hydrogens is 242 g/mol. The third-order valence-electron chi connectivity index (χ3n) is 3.22. The summed E-state index contributed by atoms with van der Waals surface area (Å²) in [4.78, 5) is 14.4. The fourth-order valence-electron chi connectivity index (χ4n) is 2.39. The molecule has 1 aromatic heterocycles. The Morgan fingerprint density at radius 2 is 2.21 bits per heavy atom. The van der Waals surface area contributed by atoms with Crippen molar-refractivity contribution in [1.29, 1.82) is 0 Å². The van der Waals surface area contributed by atoms with E-state index in [9.17, 15) is 4.79 Å². The Kier molecular flexibility index (Phi) is 4.24. The average molecular weight is 265 g/mol. The van der Waals surface area contributed by atoms with Gasteiger partial charge in [-0.2, -0.15) is 5.10 Å². The first-order valence-electron chi connectivity index (χ1n) is 6.90. The summed E-state index contributed by atoms with van der Waals surface area (Å²) in [5.74, 6) is -0.0922. The first-order chi connectivity index (χ1) is 8.96. The summed E-state index contributed by atoms with van der Waals surface area (Å²) < 4.78 is 7.38. The van der Waals surface area contributed by atoms with Crippen LogP contribution in [0.4, 0.5) is 0 Å². The predicted octanol–water partition coefficient (Wildman–Crippen LogP) is 1.69. The van der Waals surface area contributed by atoms with Crippen LogP contribution in [0.25, 0.3) is 0 Å². The van der Waals surface area contributed by atoms with Gasteiger partial charge in [0.1, 0.15) is 11.6 Å². The molecule has 1 aliphatic heterocycles. The fraction of sp³-hybridized carbons (Fsp3) is 0.714. The van der Waals surface area contributed by atoms with Gasteiger partial charge in [0, 0.05) is 18.9 Å². The lowest BCUT2D eigenvalue weighted by atomic mass is 10.1. The number of aromatic nitrogens is 2. The summed E-state index contributed by atoms with van der Waals surface area (Å²) in [5.41, 5.74) is -0.409. The van der Waals surface area contributed by atoms with Gasteiger partial charge in [0.15, 0.2) is 0 Å². The van der Waals surface area contributed by atoms with E-state index in [1.807, 2.05) is 37.7 Å². The normalized spacial score (nSPS) is 20.7. The number of rotatable bonds is 4. The highest BCUT2D eigenvalue weighted by Crippen LogP contribution is 2.20. The van der Waals surface area contributed by atoms with E-state index in [1.165, 1.54) is 0 Å². The third-order valence-corrected chi connectivity index (χ3v) is 3.22. The van der Waals surface area contributed by atoms with Gasteiger partial charge in [0.25, 0.3) is 0 Å². The first-order valence-corrected chi connectivity index (χ1v) is 6.90. The van der Waals surface area contributed by atoms with Crippen molar-refractivity contribution in [3.63, 3.8) is 0 Å². The Balaban J connectivity index is 1.87. The number of carbonyl (C=O) groups is 1. The molecule has 5 nitrogen and oxygen atoms in total. The van der Waals surface area contributed by atoms with E-state index >= 15 is 0 Å². The van der Waals surface area contributed by atoms with Gasteiger partial charge in [0.05, 0.1) is 6.54 Å². The minimum absolute atomic E-state index is 0.0882. The van der Waals surface area contributed by atoms with Gasteiger partial charge in [0.2, 0.25) is 0 Å². The second-order valence-electron chi connectivity index (χ2n) is 6.00. The van der Waals surface area contributed by atoms with Crippen LogP contribution in [0, 0.1) is 0 Å². The molecule has 0 amide bonds. The molecule has 5 heteroatoms. The smallest absolute Gasteiger partial charge is 0.323 e. The highest BCUT2D eigenvalue weighted by molar-refractivity contribution is 5.76. The molecule has 1 aromatic rings. The maximum atomic E-state index is 12.1. The van der Waals surface area contributed by atoms with Gasteiger partial charge >= 0.3 is 5.97 Å². The summed E-state index contributed by atoms with van der Waals surface area (Å²) in [6, 6.07) is 1.82. The molecule has 0 N–H and O–H groups in total. The number of nitrogens with zero attached hydrogens (tertiary/aromatic N) is 3. The van der Waals surface area contributed by atoms with Gasteiger partial charge in [-0.05, 0) is 46.2 Å². The van der Waals surface area contributed by atoms with E-state index in [4.69, 9.17) is 4.74 Å². The summed E-state index contributed by atoms with van der Waals surface area (Å²) in [7, 11) is 0. The Hall–Kier alpha value is -1.36. The maximum Gasteiger partial charge on any atom is 0.323 e. The second-order valence-corrected chi connectivity index (χ2v) is 6.00. The van der Waals surface area contributed by atoms with Crippen LogP contribution in [-0.2, 0) is 16.1 Å². The van der Waals surface area contributed by atoms with Gasteiger partial charge < -0.3 is 4.74 Å². The highest BCUT2D eigenvalue weighted by atomic mass is 16.6. The molecule has 19 heavy (non-hydrogen) atoms. The Labute approximate surface area is 114 Å². The Morgan fingerprint density at radius 3 is 2.84 bits per heavy atom. The minimum Gasteiger partial charge on any atom is -0.459 e. The molecule has 1 saturated heterocycles. The van der Waals surface area contributed by atoms with Crippen molar-refractivity contribution in [2.24, 2.45) is 0 Å². The average Bonchev–Trinajstić information content (AvgIpc) is 2.95. The van der Waals surface area contributed by atoms with Gasteiger partial charge in [-0.1, -0.05) is 0 Å². The molecule has 1 aliphatic rings. The molecule has 0 unspecified atom stereocenters. The van der Waals surface area contributed by atoms with Crippen LogP contribution in [0.1, 0.15) is 33.6 Å². The lowest BCUT2D eigenvalue weighted by Crippen LogP contribution is -2.41. The van der Waals surface area contributed by atoms with Crippen molar-refractivity contribution in [1.82, 2.24) is 14.7 Å². The van der Waals surface area contributed by atoms with Crippen LogP contribution >= 0.6 is 0 Å². The molecule has 0 spiro atoms. The number of likely N-dealkylation sites (tertiary alicyclic amines) is 1. The standard InChI is InChI=1S/C14H23N3O2/c1-14(2,3)19-13(18)12-6-4-8-16(12)10-11-17-9-5-7-15-17/h5,7,9,12H,4,6,8,10-11H2,1-3H3/t12-/m1/s1. The second kappa shape index (κ2) is 5.74. The lowest BCUT2D eigenvalue weighted by molar-refractivity contribution is -0.160. The molecule has 0 saturated carbocycles. The lowest BCUT2D eigenvalue weighted by Gasteiger charge is -2.27. The number of ether oxygens (including phenoxy) is 1. The Morgan fingerprint density at radius 1 is 1.42 bits per heavy atom. The third kappa shape index (κ3) is 4.06. The number of hydrogen-bond acceptors (Lipinski definition) is 4. The van der Waals surface area contributed by atoms with Crippen molar-refractivity contribution in [3.05, 3.63) is 18.5 Å². The zero-order chi connectivity index (χ0) is 13.9. The summed E-state index contributed by atoms with van der Waals surface area (Å²) >= 11 is 0. The van der Waals surface area contributed by atoms with Gasteiger partial charge in [-0.25, -0.2) is 0 Å². The van der Waals surface area contributed by atoms with Crippen LogP contribution in [0.5, 0.6) is 0 Å². The molecule has 106 valence electrons. The van der Waals surface area contributed by atoms with Crippen molar-refractivity contribution in [2.45, 2.75) is 51.8 Å². The molecule has 1 atom stereocenters. The fourth-order valence-corrected chi connectivity index (χ4v) is 2.39. The van der Waals surface area contributed by atoms with Crippen molar-refractivity contribution < 1.29 is 9.53 Å². The van der Waals surface area contributed by atoms with Crippen LogP contribution in [0.3, 0.4) is 0 Å². The van der Waals surface area contributed by atoms with Gasteiger partial charge in [-0.3, -0.25) is 14.4 Å². The summed E-state index contributed by atoms with van der Waals surface area (Å²) in [5, 5.41) is 4.18. The quantitative estimate of drug-likeness (QED) is 0.777. The molecule has 0 bridgehead atoms. The van der Waals surface area contributed by atoms with Crippen molar-refractivity contribution >= 4 is 5.97 Å². The van der Waals surface area contributed by atoms with E-state index in [0.29, 0.717) is 0 Å². The zero-order valence-corrected chi connectivity index (χ0v) is 12.0. The number of carbonyl (C=O) groups excluding carboxylic acids is 1. The topological polar surface area (TPSA) is 47.4 Å². The Bertz CT molecular complexity index is 409. The monoisotopic (exact) mass is 265 g/mol. The molecule has 1 fully saturated rings. The van der Waals surface area contributed by atoms with Crippen LogP contribution in [0.2, 0.25) is 0 Å². The van der Waals surface area contributed by atoms with Crippen LogP contribution in [-0.4, -0.2) is 45.4 Å². The zero-order valence-electron chi connectivity index (χ0n) is 12.0. The van der Waals surface area contributed by atoms with Crippen LogP contribution < -0.4 is 0 Å². The largest absolute Gasteiger partial charge is 0.459 e. The highest BCUT2D eigenvalue weighted by Gasteiger charge is 2.33. The van der Waals surface area contributed by atoms with E-state index in [0.717, 1.165) is 32.5 Å². The van der Waals surface area contributed by atoms with Gasteiger partial charge in [-0.15, -0.1) is 0 Å². The molecule has 2 rings (SSSR count). The van der Waals surface area contributed by atoms with Crippen molar-refractivity contribution in [2.75, 3.05) is 13.1 Å². The minimum atomic E-state index is -0.409. The van der Waals surface area contributed by atoms with E-state index in [2.05, 4.69) is 10.00 Å². The molecule has 0 radical (unpaired) electrons. The predicted molar refractivity (Wildman–Crippen MR) is 72.7 cm³/mol. The summed E-state index contributed by atoms with van der Waals surface area (Å²) in [6.45, 7) is 8.35. The number of hydrogen-bond donors (Lipinski definition) is 0. The molecule has 2 heterocycles. The van der Waals surface area contributed by atoms with E-state index in [1.54, 1.807) is 6.20 Å². The maximum absolute atomic E-state index is 12.1.